The van der Waals surface area contributed by atoms with Gasteiger partial charge in [0.05, 0.1) is 0 Å². The summed E-state index contributed by atoms with van der Waals surface area (Å²) >= 11 is 0. The first kappa shape index (κ1) is 8.10. The van der Waals surface area contributed by atoms with Gasteiger partial charge in [0.1, 0.15) is 0 Å². The molecule has 0 aliphatic heterocycles. The molecule has 1 atom stereocenters. The highest BCUT2D eigenvalue weighted by Crippen LogP contribution is 1.98. The fourth-order valence-electron chi connectivity index (χ4n) is 0.151. The van der Waals surface area contributed by atoms with Crippen molar-refractivity contribution in [1.82, 2.24) is 0 Å². The molecule has 3 N–H and O–H groups in total. The Labute approximate surface area is 52.7 Å². The molecule has 0 fully saturated rings. The van der Waals surface area contributed by atoms with Gasteiger partial charge in [-0.05, 0) is 13.8 Å². The van der Waals surface area contributed by atoms with E-state index < -0.39 is 17.3 Å². The molecule has 0 saturated carbocycles. The van der Waals surface area contributed by atoms with E-state index in [1.54, 1.807) is 0 Å². The molecule has 0 bridgehead atoms. The number of nitrogens with two attached hydrogens (primary N) is 1. The van der Waals surface area contributed by atoms with Crippen LogP contribution in [0.1, 0.15) is 13.8 Å². The van der Waals surface area contributed by atoms with E-state index in [-0.39, 0.29) is 0 Å². The fraction of sp³-hybridized carbons (Fsp3) is 0.600. The highest BCUT2D eigenvalue weighted by molar-refractivity contribution is 6.05. The molecule has 0 aromatic carbocycles. The van der Waals surface area contributed by atoms with Crippen LogP contribution in [-0.4, -0.2) is 22.4 Å². The number of carbonyl (C=O) groups is 2. The van der Waals surface area contributed by atoms with Gasteiger partial charge < -0.3 is 10.8 Å². The molecule has 4 nitrogen and oxygen atoms in total. The molecule has 0 aliphatic carbocycles. The highest BCUT2D eigenvalue weighted by atomic mass is 16.4. The van der Waals surface area contributed by atoms with Crippen LogP contribution in [0.4, 0.5) is 0 Å². The Morgan fingerprint density at radius 2 is 1.89 bits per heavy atom. The third-order valence-corrected chi connectivity index (χ3v) is 1.18. The molecule has 0 spiro atoms. The maximum atomic E-state index is 10.4. The second-order valence-electron chi connectivity index (χ2n) is 2.06. The number of carbonyl (C=O) groups excluding carboxylic acids is 1. The number of Topliss-reactive ketones (excluding diaryl/α,β-unsaturated/α-hetero) is 1. The lowest BCUT2D eigenvalue weighted by molar-refractivity contribution is -0.146. The third kappa shape index (κ3) is 1.50. The van der Waals surface area contributed by atoms with Crippen molar-refractivity contribution in [2.75, 3.05) is 0 Å². The number of ketones is 1. The Hall–Kier alpha value is -0.900. The summed E-state index contributed by atoms with van der Waals surface area (Å²) in [4.78, 5) is 20.5. The van der Waals surface area contributed by atoms with E-state index in [9.17, 15) is 9.59 Å². The maximum absolute atomic E-state index is 10.4. The zero-order valence-corrected chi connectivity index (χ0v) is 5.34. The first-order valence-corrected chi connectivity index (χ1v) is 2.42. The SMILES string of the molecule is CC(=O)[C@](C)(N)C(=O)O. The second-order valence-corrected chi connectivity index (χ2v) is 2.06. The minimum Gasteiger partial charge on any atom is -0.480 e. The second kappa shape index (κ2) is 2.14. The van der Waals surface area contributed by atoms with Gasteiger partial charge in [0, 0.05) is 0 Å². The lowest BCUT2D eigenvalue weighted by Gasteiger charge is -2.13. The van der Waals surface area contributed by atoms with Crippen LogP contribution < -0.4 is 5.73 Å². The normalized spacial score (nSPS) is 16.3. The molecule has 0 heterocycles. The van der Waals surface area contributed by atoms with Gasteiger partial charge in [-0.15, -0.1) is 0 Å². The van der Waals surface area contributed by atoms with Gasteiger partial charge >= 0.3 is 5.97 Å². The standard InChI is InChI=1S/C5H9NO3/c1-3(7)5(2,6)4(8)9/h6H2,1-2H3,(H,8,9)/t5-/m0/s1. The summed E-state index contributed by atoms with van der Waals surface area (Å²) in [5, 5.41) is 8.27. The fourth-order valence-corrected chi connectivity index (χ4v) is 0.151. The van der Waals surface area contributed by atoms with Crippen molar-refractivity contribution in [3.8, 4) is 0 Å². The molecule has 0 saturated heterocycles. The van der Waals surface area contributed by atoms with Gasteiger partial charge in [-0.2, -0.15) is 0 Å². The number of hydrogen-bond donors (Lipinski definition) is 2. The molecule has 52 valence electrons. The van der Waals surface area contributed by atoms with E-state index in [1.807, 2.05) is 0 Å². The monoisotopic (exact) mass is 131 g/mol. The van der Waals surface area contributed by atoms with Crippen LogP contribution in [0, 0.1) is 0 Å². The van der Waals surface area contributed by atoms with Crippen molar-refractivity contribution in [2.24, 2.45) is 5.73 Å². The molecule has 0 aromatic heterocycles. The smallest absolute Gasteiger partial charge is 0.331 e. The van der Waals surface area contributed by atoms with Crippen molar-refractivity contribution in [3.05, 3.63) is 0 Å². The molecular weight excluding hydrogens is 122 g/mol. The van der Waals surface area contributed by atoms with E-state index in [0.29, 0.717) is 0 Å². The molecule has 9 heavy (non-hydrogen) atoms. The number of hydrogen-bond acceptors (Lipinski definition) is 3. The summed E-state index contributed by atoms with van der Waals surface area (Å²) in [7, 11) is 0. The lowest BCUT2D eigenvalue weighted by Crippen LogP contribution is -2.50. The summed E-state index contributed by atoms with van der Waals surface area (Å²) in [6, 6.07) is 0. The Morgan fingerprint density at radius 3 is 1.89 bits per heavy atom. The number of carboxylic acid groups (broad SMARTS) is 1. The first-order chi connectivity index (χ1) is 3.89. The van der Waals surface area contributed by atoms with Crippen molar-refractivity contribution in [2.45, 2.75) is 19.4 Å². The van der Waals surface area contributed by atoms with E-state index >= 15 is 0 Å². The Kier molecular flexibility index (Phi) is 1.93. The minimum atomic E-state index is -1.72. The molecule has 0 aromatic rings. The van der Waals surface area contributed by atoms with Gasteiger partial charge in [-0.25, -0.2) is 4.79 Å². The summed E-state index contributed by atoms with van der Waals surface area (Å²) in [5.41, 5.74) is 3.33. The van der Waals surface area contributed by atoms with E-state index in [4.69, 9.17) is 10.8 Å². The van der Waals surface area contributed by atoms with Crippen molar-refractivity contribution in [3.63, 3.8) is 0 Å². The molecule has 0 rings (SSSR count). The summed E-state index contributed by atoms with van der Waals surface area (Å²) in [5.74, 6) is -1.84. The number of aliphatic carboxylic acids is 1. The highest BCUT2D eigenvalue weighted by Gasteiger charge is 2.32. The molecule has 0 aliphatic rings. The van der Waals surface area contributed by atoms with Crippen LogP contribution in [0.25, 0.3) is 0 Å². The minimum absolute atomic E-state index is 0.546. The largest absolute Gasteiger partial charge is 0.480 e. The van der Waals surface area contributed by atoms with Crippen LogP contribution in [-0.2, 0) is 9.59 Å². The number of rotatable bonds is 2. The van der Waals surface area contributed by atoms with Crippen LogP contribution >= 0.6 is 0 Å². The van der Waals surface area contributed by atoms with E-state index in [0.717, 1.165) is 13.8 Å². The average Bonchev–Trinajstić information content (AvgIpc) is 1.65. The topological polar surface area (TPSA) is 80.4 Å². The Balaban J connectivity index is 4.38. The average molecular weight is 131 g/mol. The van der Waals surface area contributed by atoms with E-state index in [1.165, 1.54) is 0 Å². The van der Waals surface area contributed by atoms with Crippen LogP contribution in [0.5, 0.6) is 0 Å². The molecule has 0 unspecified atom stereocenters. The Morgan fingerprint density at radius 1 is 1.56 bits per heavy atom. The summed E-state index contributed by atoms with van der Waals surface area (Å²) in [6.45, 7) is 2.31. The van der Waals surface area contributed by atoms with Gasteiger partial charge in [0.15, 0.2) is 11.3 Å². The maximum Gasteiger partial charge on any atom is 0.331 e. The van der Waals surface area contributed by atoms with Crippen molar-refractivity contribution in [1.29, 1.82) is 0 Å². The predicted octanol–water partition coefficient (Wildman–Crippen LogP) is -0.623. The molecule has 0 radical (unpaired) electrons. The van der Waals surface area contributed by atoms with Gasteiger partial charge in [0.25, 0.3) is 0 Å². The van der Waals surface area contributed by atoms with Gasteiger partial charge in [0.2, 0.25) is 0 Å². The lowest BCUT2D eigenvalue weighted by atomic mass is 10.00. The zero-order chi connectivity index (χ0) is 7.65. The van der Waals surface area contributed by atoms with E-state index in [2.05, 4.69) is 0 Å². The number of carboxylic acids is 1. The van der Waals surface area contributed by atoms with Crippen LogP contribution in [0.2, 0.25) is 0 Å². The van der Waals surface area contributed by atoms with Crippen molar-refractivity contribution < 1.29 is 14.7 Å². The summed E-state index contributed by atoms with van der Waals surface area (Å²) < 4.78 is 0. The Bertz CT molecular complexity index is 134. The molecular formula is C5H9NO3. The van der Waals surface area contributed by atoms with Gasteiger partial charge in [-0.3, -0.25) is 4.79 Å². The first-order valence-electron chi connectivity index (χ1n) is 2.42. The molecule has 0 amide bonds. The van der Waals surface area contributed by atoms with Crippen LogP contribution in [0.3, 0.4) is 0 Å². The zero-order valence-electron chi connectivity index (χ0n) is 5.34. The molecule has 4 heteroatoms. The van der Waals surface area contributed by atoms with Gasteiger partial charge in [-0.1, -0.05) is 0 Å². The summed E-state index contributed by atoms with van der Waals surface area (Å²) in [6.07, 6.45) is 0. The third-order valence-electron chi connectivity index (χ3n) is 1.18. The predicted molar refractivity (Wildman–Crippen MR) is 30.9 cm³/mol. The van der Waals surface area contributed by atoms with Crippen molar-refractivity contribution >= 4 is 11.8 Å². The quantitative estimate of drug-likeness (QED) is 0.489. The van der Waals surface area contributed by atoms with Crippen LogP contribution in [0.15, 0.2) is 0 Å².